The van der Waals surface area contributed by atoms with E-state index in [1.165, 1.54) is 13.8 Å². The van der Waals surface area contributed by atoms with E-state index in [2.05, 4.69) is 12.1 Å². The largest absolute Gasteiger partial charge is 0.455 e. The number of aryl methyl sites for hydroxylation is 1. The summed E-state index contributed by atoms with van der Waals surface area (Å²) in [5, 5.41) is 4.55. The number of aromatic nitrogens is 1. The molecule has 1 spiro atoms. The third-order valence-electron chi connectivity index (χ3n) is 10.3. The van der Waals surface area contributed by atoms with Gasteiger partial charge in [-0.05, 0) is 49.6 Å². The van der Waals surface area contributed by atoms with Gasteiger partial charge in [0.2, 0.25) is 5.78 Å². The van der Waals surface area contributed by atoms with Crippen LogP contribution in [0, 0.1) is 18.8 Å². The standard InChI is InChI=1S/C36H27NO9/c1-14-11-20-26(24(12-14)43-18(5)39)33(41)27-19(32(20)40)9-10-22-34(27)45-36-21-7-6-8-23(42-17(4)38)28(21)31-30-25(46-37-31)13-15(2)29(16(3)44-36)35(22,30)36/h6-12,15-16,29H,13H2,1-5H3/t15-,16-,29-,35+,36+/m1/s1. The van der Waals surface area contributed by atoms with Gasteiger partial charge in [0.25, 0.3) is 5.79 Å². The number of nitrogens with zero attached hydrogens (tertiary/aromatic N) is 1. The lowest BCUT2D eigenvalue weighted by molar-refractivity contribution is -0.187. The fourth-order valence-electron chi connectivity index (χ4n) is 9.13. The number of rotatable bonds is 2. The number of hydrogen-bond donors (Lipinski definition) is 0. The van der Waals surface area contributed by atoms with E-state index in [9.17, 15) is 19.2 Å². The second kappa shape index (κ2) is 8.58. The summed E-state index contributed by atoms with van der Waals surface area (Å²) in [6.45, 7) is 8.50. The number of benzene rings is 3. The van der Waals surface area contributed by atoms with E-state index < -0.39 is 28.9 Å². The Labute approximate surface area is 262 Å². The van der Waals surface area contributed by atoms with Gasteiger partial charge in [-0.2, -0.15) is 0 Å². The van der Waals surface area contributed by atoms with Crippen LogP contribution in [0.3, 0.4) is 0 Å². The van der Waals surface area contributed by atoms with Gasteiger partial charge in [-0.1, -0.05) is 30.3 Å². The SMILES string of the molecule is CC(=O)Oc1cc(C)cc2c1C(=O)c1c(ccc3c1O[C@]14O[C@H](C)[C@H]5[C@H](C)Cc6onc(c6[C@]351)-c1c(OC(C)=O)cccc14)C2=O. The average Bonchev–Trinajstić information content (AvgIpc) is 3.61. The molecule has 10 nitrogen and oxygen atoms in total. The third kappa shape index (κ3) is 2.94. The predicted octanol–water partition coefficient (Wildman–Crippen LogP) is 5.35. The first kappa shape index (κ1) is 27.2. The zero-order valence-electron chi connectivity index (χ0n) is 25.6. The van der Waals surface area contributed by atoms with Crippen LogP contribution in [0.25, 0.3) is 11.3 Å². The highest BCUT2D eigenvalue weighted by Gasteiger charge is 2.79. The molecule has 5 atom stereocenters. The van der Waals surface area contributed by atoms with E-state index in [0.717, 1.165) is 5.56 Å². The molecule has 4 aromatic rings. The van der Waals surface area contributed by atoms with Crippen LogP contribution in [0.1, 0.15) is 87.6 Å². The highest BCUT2D eigenvalue weighted by molar-refractivity contribution is 6.30. The van der Waals surface area contributed by atoms with Crippen molar-refractivity contribution in [2.24, 2.45) is 11.8 Å². The molecule has 0 bridgehead atoms. The van der Waals surface area contributed by atoms with Gasteiger partial charge >= 0.3 is 11.9 Å². The van der Waals surface area contributed by atoms with Crippen LogP contribution in [-0.2, 0) is 31.9 Å². The van der Waals surface area contributed by atoms with Crippen molar-refractivity contribution in [1.29, 1.82) is 0 Å². The zero-order valence-corrected chi connectivity index (χ0v) is 25.6. The Bertz CT molecular complexity index is 2160. The fourth-order valence-corrected chi connectivity index (χ4v) is 9.13. The molecule has 3 aliphatic carbocycles. The quantitative estimate of drug-likeness (QED) is 0.189. The first-order valence-electron chi connectivity index (χ1n) is 15.3. The molecule has 0 saturated carbocycles. The summed E-state index contributed by atoms with van der Waals surface area (Å²) < 4.78 is 31.2. The van der Waals surface area contributed by atoms with Crippen molar-refractivity contribution in [2.75, 3.05) is 0 Å². The van der Waals surface area contributed by atoms with Gasteiger partial charge in [0.1, 0.15) is 34.1 Å². The van der Waals surface area contributed by atoms with Gasteiger partial charge < -0.3 is 23.5 Å². The summed E-state index contributed by atoms with van der Waals surface area (Å²) in [4.78, 5) is 53.0. The summed E-state index contributed by atoms with van der Waals surface area (Å²) in [7, 11) is 0. The van der Waals surface area contributed by atoms with Crippen LogP contribution in [0.4, 0.5) is 0 Å². The molecule has 2 aliphatic heterocycles. The number of ether oxygens (including phenoxy) is 4. The van der Waals surface area contributed by atoms with Crippen molar-refractivity contribution in [3.63, 3.8) is 0 Å². The predicted molar refractivity (Wildman–Crippen MR) is 159 cm³/mol. The summed E-state index contributed by atoms with van der Waals surface area (Å²) in [6.07, 6.45) is 0.301. The molecule has 230 valence electrons. The van der Waals surface area contributed by atoms with Gasteiger partial charge in [0.05, 0.1) is 22.8 Å². The Morgan fingerprint density at radius 1 is 0.891 bits per heavy atom. The van der Waals surface area contributed by atoms with Crippen LogP contribution in [0.15, 0.2) is 47.0 Å². The Morgan fingerprint density at radius 3 is 2.41 bits per heavy atom. The van der Waals surface area contributed by atoms with Crippen molar-refractivity contribution < 1.29 is 42.6 Å². The van der Waals surface area contributed by atoms with Gasteiger partial charge in [-0.3, -0.25) is 19.2 Å². The van der Waals surface area contributed by atoms with E-state index in [1.807, 2.05) is 19.1 Å². The highest BCUT2D eigenvalue weighted by atomic mass is 16.7. The minimum Gasteiger partial charge on any atom is -0.455 e. The van der Waals surface area contributed by atoms with E-state index >= 15 is 0 Å². The molecule has 0 radical (unpaired) electrons. The first-order valence-corrected chi connectivity index (χ1v) is 15.3. The maximum Gasteiger partial charge on any atom is 0.308 e. The number of carbonyl (C=O) groups is 4. The summed E-state index contributed by atoms with van der Waals surface area (Å²) in [5.74, 6) is -2.36. The van der Waals surface area contributed by atoms with Crippen LogP contribution in [-0.4, -0.2) is 34.8 Å². The minimum atomic E-state index is -1.50. The third-order valence-corrected chi connectivity index (χ3v) is 10.3. The van der Waals surface area contributed by atoms with E-state index in [4.69, 9.17) is 23.5 Å². The van der Waals surface area contributed by atoms with Crippen LogP contribution in [0.2, 0.25) is 0 Å². The Hall–Kier alpha value is -5.09. The lowest BCUT2D eigenvalue weighted by Gasteiger charge is -2.47. The van der Waals surface area contributed by atoms with Crippen molar-refractivity contribution in [2.45, 2.75) is 58.3 Å². The first-order chi connectivity index (χ1) is 22.0. The zero-order chi connectivity index (χ0) is 32.0. The van der Waals surface area contributed by atoms with E-state index in [0.29, 0.717) is 40.1 Å². The maximum atomic E-state index is 14.6. The average molecular weight is 618 g/mol. The smallest absolute Gasteiger partial charge is 0.308 e. The number of esters is 2. The van der Waals surface area contributed by atoms with Crippen molar-refractivity contribution >= 4 is 23.5 Å². The summed E-state index contributed by atoms with van der Waals surface area (Å²) in [5.41, 5.74) is 3.21. The summed E-state index contributed by atoms with van der Waals surface area (Å²) >= 11 is 0. The van der Waals surface area contributed by atoms with Gasteiger partial charge in [0.15, 0.2) is 5.78 Å². The van der Waals surface area contributed by atoms with Gasteiger partial charge in [-0.25, -0.2) is 0 Å². The molecule has 3 aromatic carbocycles. The molecule has 9 rings (SSSR count). The molecule has 1 saturated heterocycles. The van der Waals surface area contributed by atoms with Gasteiger partial charge in [0, 0.05) is 54.0 Å². The lowest BCUT2D eigenvalue weighted by Crippen LogP contribution is -2.55. The topological polar surface area (TPSA) is 131 Å². The van der Waals surface area contributed by atoms with Crippen molar-refractivity contribution in [3.8, 4) is 28.5 Å². The minimum absolute atomic E-state index is 0.0144. The number of hydrogen-bond acceptors (Lipinski definition) is 10. The number of ketones is 2. The maximum absolute atomic E-state index is 14.6. The second-order valence-electron chi connectivity index (χ2n) is 13.0. The van der Waals surface area contributed by atoms with Crippen LogP contribution in [0.5, 0.6) is 17.2 Å². The Morgan fingerprint density at radius 2 is 1.65 bits per heavy atom. The molecule has 3 heterocycles. The fraction of sp³-hybridized carbons (Fsp3) is 0.306. The normalized spacial score (nSPS) is 27.0. The summed E-state index contributed by atoms with van der Waals surface area (Å²) in [6, 6.07) is 12.1. The number of carbonyl (C=O) groups excluding carboxylic acids is 4. The molecule has 10 heteroatoms. The van der Waals surface area contributed by atoms with Crippen LogP contribution >= 0.6 is 0 Å². The molecule has 46 heavy (non-hydrogen) atoms. The van der Waals surface area contributed by atoms with Crippen LogP contribution < -0.4 is 14.2 Å². The molecule has 1 aromatic heterocycles. The highest BCUT2D eigenvalue weighted by Crippen LogP contribution is 2.75. The second-order valence-corrected chi connectivity index (χ2v) is 13.0. The van der Waals surface area contributed by atoms with E-state index in [-0.39, 0.29) is 63.2 Å². The lowest BCUT2D eigenvalue weighted by atomic mass is 9.51. The van der Waals surface area contributed by atoms with Crippen molar-refractivity contribution in [3.05, 3.63) is 92.7 Å². The Balaban J connectivity index is 1.38. The molecule has 1 fully saturated rings. The van der Waals surface area contributed by atoms with E-state index in [1.54, 1.807) is 37.3 Å². The van der Waals surface area contributed by atoms with Crippen molar-refractivity contribution in [1.82, 2.24) is 5.16 Å². The van der Waals surface area contributed by atoms with Gasteiger partial charge in [-0.15, -0.1) is 0 Å². The molecular weight excluding hydrogens is 590 g/mol. The molecule has 5 aliphatic rings. The Kier molecular flexibility index (Phi) is 5.08. The molecular formula is C36H27NO9. The molecule has 0 N–H and O–H groups in total. The monoisotopic (exact) mass is 617 g/mol. The number of fused-ring (bicyclic) bond motifs is 6. The molecule has 0 unspecified atom stereocenters. The molecule has 0 amide bonds.